The summed E-state index contributed by atoms with van der Waals surface area (Å²) in [5.41, 5.74) is 0.786. The van der Waals surface area contributed by atoms with Crippen LogP contribution in [-0.2, 0) is 7.05 Å². The molecule has 0 aliphatic carbocycles. The van der Waals surface area contributed by atoms with Gasteiger partial charge in [-0.05, 0) is 24.6 Å². The van der Waals surface area contributed by atoms with Gasteiger partial charge in [-0.1, -0.05) is 34.5 Å². The summed E-state index contributed by atoms with van der Waals surface area (Å²) in [5, 5.41) is 13.9. The van der Waals surface area contributed by atoms with Crippen molar-refractivity contribution in [2.45, 2.75) is 13.0 Å². The number of halogens is 2. The van der Waals surface area contributed by atoms with Crippen molar-refractivity contribution in [1.29, 1.82) is 0 Å². The number of nitrogens with zero attached hydrogens (tertiary/aromatic N) is 3. The molecule has 0 spiro atoms. The Balaban J connectivity index is 2.02. The summed E-state index contributed by atoms with van der Waals surface area (Å²) in [6.07, 6.45) is 1.46. The number of benzene rings is 1. The normalized spacial score (nSPS) is 12.0. The van der Waals surface area contributed by atoms with E-state index in [-0.39, 0.29) is 12.1 Å². The van der Waals surface area contributed by atoms with Crippen LogP contribution in [0.25, 0.3) is 0 Å². The second-order valence-corrected chi connectivity index (χ2v) is 5.07. The number of amides is 2. The second-order valence-electron chi connectivity index (χ2n) is 4.23. The smallest absolute Gasteiger partial charge is 0.320 e. The molecule has 106 valence electrons. The van der Waals surface area contributed by atoms with Crippen LogP contribution in [0.2, 0.25) is 10.0 Å². The Hall–Kier alpha value is -1.79. The Kier molecular flexibility index (Phi) is 4.46. The Morgan fingerprint density at radius 3 is 2.75 bits per heavy atom. The molecular formula is C12H13Cl2N5O. The van der Waals surface area contributed by atoms with Crippen molar-refractivity contribution in [3.8, 4) is 0 Å². The van der Waals surface area contributed by atoms with E-state index in [0.717, 1.165) is 5.56 Å². The highest BCUT2D eigenvalue weighted by Gasteiger charge is 2.14. The van der Waals surface area contributed by atoms with E-state index in [1.54, 1.807) is 25.2 Å². The van der Waals surface area contributed by atoms with E-state index >= 15 is 0 Å². The van der Waals surface area contributed by atoms with Gasteiger partial charge in [0, 0.05) is 17.1 Å². The van der Waals surface area contributed by atoms with Gasteiger partial charge >= 0.3 is 6.03 Å². The van der Waals surface area contributed by atoms with Crippen molar-refractivity contribution in [1.82, 2.24) is 20.3 Å². The van der Waals surface area contributed by atoms with Gasteiger partial charge < -0.3 is 5.32 Å². The number of urea groups is 1. The molecular weight excluding hydrogens is 301 g/mol. The summed E-state index contributed by atoms with van der Waals surface area (Å²) in [7, 11) is 1.68. The third kappa shape index (κ3) is 3.40. The van der Waals surface area contributed by atoms with E-state index < -0.39 is 0 Å². The van der Waals surface area contributed by atoms with E-state index in [2.05, 4.69) is 20.9 Å². The quantitative estimate of drug-likeness (QED) is 0.915. The predicted octanol–water partition coefficient (Wildman–Crippen LogP) is 3.00. The number of anilines is 1. The molecule has 1 aromatic heterocycles. The maximum Gasteiger partial charge on any atom is 0.320 e. The van der Waals surface area contributed by atoms with Crippen LogP contribution in [0.4, 0.5) is 10.6 Å². The van der Waals surface area contributed by atoms with Crippen LogP contribution in [0, 0.1) is 0 Å². The molecule has 0 radical (unpaired) electrons. The minimum Gasteiger partial charge on any atom is -0.331 e. The summed E-state index contributed by atoms with van der Waals surface area (Å²) in [4.78, 5) is 11.9. The number of carbonyl (C=O) groups excluding carboxylic acids is 1. The van der Waals surface area contributed by atoms with Crippen LogP contribution in [-0.4, -0.2) is 21.0 Å². The largest absolute Gasteiger partial charge is 0.331 e. The van der Waals surface area contributed by atoms with Crippen LogP contribution in [0.15, 0.2) is 24.4 Å². The summed E-state index contributed by atoms with van der Waals surface area (Å²) in [5.74, 6) is 0.497. The van der Waals surface area contributed by atoms with Crippen molar-refractivity contribution in [3.63, 3.8) is 0 Å². The summed E-state index contributed by atoms with van der Waals surface area (Å²) in [6, 6.07) is 4.51. The van der Waals surface area contributed by atoms with E-state index in [0.29, 0.717) is 15.9 Å². The number of hydrogen-bond donors (Lipinski definition) is 2. The van der Waals surface area contributed by atoms with Gasteiger partial charge in [0.2, 0.25) is 0 Å². The minimum absolute atomic E-state index is 0.263. The lowest BCUT2D eigenvalue weighted by atomic mass is 10.1. The highest BCUT2D eigenvalue weighted by atomic mass is 35.5. The fourth-order valence-electron chi connectivity index (χ4n) is 1.68. The zero-order chi connectivity index (χ0) is 14.7. The van der Waals surface area contributed by atoms with E-state index in [4.69, 9.17) is 23.2 Å². The van der Waals surface area contributed by atoms with E-state index in [1.807, 2.05) is 6.92 Å². The molecule has 20 heavy (non-hydrogen) atoms. The molecule has 0 fully saturated rings. The Morgan fingerprint density at radius 1 is 1.40 bits per heavy atom. The van der Waals surface area contributed by atoms with Crippen molar-refractivity contribution in [3.05, 3.63) is 40.0 Å². The SMILES string of the molecule is C[C@H](NC(=O)Nc1cnnn1C)c1ccc(Cl)cc1Cl. The van der Waals surface area contributed by atoms with Crippen LogP contribution < -0.4 is 10.6 Å². The van der Waals surface area contributed by atoms with Gasteiger partial charge in [-0.15, -0.1) is 5.10 Å². The topological polar surface area (TPSA) is 71.8 Å². The first-order chi connectivity index (χ1) is 9.47. The van der Waals surface area contributed by atoms with Crippen LogP contribution in [0.3, 0.4) is 0 Å². The molecule has 0 unspecified atom stereocenters. The Labute approximate surface area is 126 Å². The van der Waals surface area contributed by atoms with Crippen molar-refractivity contribution < 1.29 is 4.79 Å². The monoisotopic (exact) mass is 313 g/mol. The number of aryl methyl sites for hydroxylation is 1. The first kappa shape index (κ1) is 14.6. The number of carbonyl (C=O) groups is 1. The van der Waals surface area contributed by atoms with Gasteiger partial charge in [-0.2, -0.15) is 0 Å². The van der Waals surface area contributed by atoms with Gasteiger partial charge in [0.1, 0.15) is 0 Å². The second kappa shape index (κ2) is 6.11. The maximum absolute atomic E-state index is 11.9. The number of aromatic nitrogens is 3. The van der Waals surface area contributed by atoms with E-state index in [9.17, 15) is 4.79 Å². The van der Waals surface area contributed by atoms with Gasteiger partial charge in [-0.25, -0.2) is 9.48 Å². The molecule has 2 amide bonds. The predicted molar refractivity (Wildman–Crippen MR) is 78.0 cm³/mol. The molecule has 0 aliphatic heterocycles. The fraction of sp³-hybridized carbons (Fsp3) is 0.250. The van der Waals surface area contributed by atoms with Gasteiger partial charge in [0.05, 0.1) is 12.2 Å². The van der Waals surface area contributed by atoms with E-state index in [1.165, 1.54) is 10.9 Å². The molecule has 2 N–H and O–H groups in total. The third-order valence-corrected chi connectivity index (χ3v) is 3.30. The maximum atomic E-state index is 11.9. The zero-order valence-corrected chi connectivity index (χ0v) is 12.4. The lowest BCUT2D eigenvalue weighted by molar-refractivity contribution is 0.249. The average Bonchev–Trinajstić information content (AvgIpc) is 2.74. The Bertz CT molecular complexity index is 628. The summed E-state index contributed by atoms with van der Waals surface area (Å²) < 4.78 is 1.46. The van der Waals surface area contributed by atoms with Crippen molar-refractivity contribution >= 4 is 35.1 Å². The van der Waals surface area contributed by atoms with Gasteiger partial charge in [0.25, 0.3) is 0 Å². The summed E-state index contributed by atoms with van der Waals surface area (Å²) in [6.45, 7) is 1.83. The Morgan fingerprint density at radius 2 is 2.15 bits per heavy atom. The molecule has 2 rings (SSSR count). The average molecular weight is 314 g/mol. The highest BCUT2D eigenvalue weighted by molar-refractivity contribution is 6.35. The first-order valence-electron chi connectivity index (χ1n) is 5.84. The van der Waals surface area contributed by atoms with Crippen molar-refractivity contribution in [2.24, 2.45) is 7.05 Å². The highest BCUT2D eigenvalue weighted by Crippen LogP contribution is 2.26. The standard InChI is InChI=1S/C12H13Cl2N5O/c1-7(9-4-3-8(13)5-10(9)14)16-12(20)17-11-6-15-18-19(11)2/h3-7H,1-2H3,(H2,16,17,20)/t7-/m0/s1. The number of rotatable bonds is 3. The first-order valence-corrected chi connectivity index (χ1v) is 6.60. The molecule has 0 bridgehead atoms. The fourth-order valence-corrected chi connectivity index (χ4v) is 2.25. The van der Waals surface area contributed by atoms with Crippen LogP contribution in [0.1, 0.15) is 18.5 Å². The molecule has 6 nitrogen and oxygen atoms in total. The molecule has 1 aromatic carbocycles. The minimum atomic E-state index is -0.367. The molecule has 1 heterocycles. The molecule has 1 atom stereocenters. The lowest BCUT2D eigenvalue weighted by Gasteiger charge is -2.16. The summed E-state index contributed by atoms with van der Waals surface area (Å²) >= 11 is 11.9. The van der Waals surface area contributed by atoms with Gasteiger partial charge in [0.15, 0.2) is 5.82 Å². The molecule has 0 aliphatic rings. The molecule has 0 saturated heterocycles. The zero-order valence-electron chi connectivity index (χ0n) is 10.9. The third-order valence-electron chi connectivity index (χ3n) is 2.73. The van der Waals surface area contributed by atoms with Gasteiger partial charge in [-0.3, -0.25) is 5.32 Å². The van der Waals surface area contributed by atoms with Crippen LogP contribution >= 0.6 is 23.2 Å². The number of hydrogen-bond acceptors (Lipinski definition) is 3. The molecule has 8 heteroatoms. The molecule has 0 saturated carbocycles. The molecule has 2 aromatic rings. The van der Waals surface area contributed by atoms with Crippen LogP contribution in [0.5, 0.6) is 0 Å². The van der Waals surface area contributed by atoms with Crippen molar-refractivity contribution in [2.75, 3.05) is 5.32 Å². The number of nitrogens with one attached hydrogen (secondary N) is 2. The lowest BCUT2D eigenvalue weighted by Crippen LogP contribution is -2.31.